The number of nitrogens with one attached hydrogen (secondary N) is 1. The number of amides is 1. The minimum atomic E-state index is -2.77. The molecular weight excluding hydrogens is 268 g/mol. The first kappa shape index (κ1) is 14.4. The van der Waals surface area contributed by atoms with Gasteiger partial charge in [-0.2, -0.15) is 0 Å². The molecule has 108 valence electrons. The van der Waals surface area contributed by atoms with E-state index in [1.54, 1.807) is 6.07 Å². The molecular formula is C14H15F2NO3. The van der Waals surface area contributed by atoms with Gasteiger partial charge in [-0.1, -0.05) is 24.3 Å². The molecule has 0 spiro atoms. The summed E-state index contributed by atoms with van der Waals surface area (Å²) >= 11 is 0. The lowest BCUT2D eigenvalue weighted by Gasteiger charge is -2.17. The third-order valence-electron chi connectivity index (χ3n) is 3.48. The zero-order valence-corrected chi connectivity index (χ0v) is 10.7. The average molecular weight is 283 g/mol. The van der Waals surface area contributed by atoms with E-state index in [1.807, 2.05) is 18.2 Å². The maximum Gasteiger partial charge on any atom is 0.326 e. The minimum Gasteiger partial charge on any atom is -0.480 e. The van der Waals surface area contributed by atoms with Crippen LogP contribution in [0.25, 0.3) is 0 Å². The highest BCUT2D eigenvalue weighted by molar-refractivity contribution is 5.89. The minimum absolute atomic E-state index is 0.453. The fourth-order valence-corrected chi connectivity index (χ4v) is 2.50. The monoisotopic (exact) mass is 283 g/mol. The number of halogens is 2. The first-order valence-corrected chi connectivity index (χ1v) is 6.38. The Kier molecular flexibility index (Phi) is 4.32. The quantitative estimate of drug-likeness (QED) is 0.868. The van der Waals surface area contributed by atoms with Crippen LogP contribution in [0, 0.1) is 0 Å². The van der Waals surface area contributed by atoms with E-state index in [4.69, 9.17) is 5.11 Å². The number of benzene rings is 1. The Balaban J connectivity index is 2.07. The topological polar surface area (TPSA) is 66.4 Å². The fourth-order valence-electron chi connectivity index (χ4n) is 2.50. The third kappa shape index (κ3) is 3.12. The smallest absolute Gasteiger partial charge is 0.326 e. The number of aliphatic carboxylic acids is 1. The SMILES string of the molecule is O=C(O)C(CC(F)F)NC(=O)C1CCc2ccccc21. The lowest BCUT2D eigenvalue weighted by molar-refractivity contribution is -0.143. The zero-order chi connectivity index (χ0) is 14.7. The van der Waals surface area contributed by atoms with E-state index in [1.165, 1.54) is 0 Å². The summed E-state index contributed by atoms with van der Waals surface area (Å²) in [4.78, 5) is 23.0. The number of carbonyl (C=O) groups is 2. The van der Waals surface area contributed by atoms with Crippen molar-refractivity contribution in [1.82, 2.24) is 5.32 Å². The van der Waals surface area contributed by atoms with E-state index in [2.05, 4.69) is 5.32 Å². The van der Waals surface area contributed by atoms with E-state index in [0.29, 0.717) is 6.42 Å². The molecule has 0 aromatic heterocycles. The summed E-state index contributed by atoms with van der Waals surface area (Å²) < 4.78 is 24.6. The molecule has 1 aliphatic rings. The van der Waals surface area contributed by atoms with Crippen LogP contribution in [-0.4, -0.2) is 29.5 Å². The third-order valence-corrected chi connectivity index (χ3v) is 3.48. The summed E-state index contributed by atoms with van der Waals surface area (Å²) in [6.07, 6.45) is -2.34. The van der Waals surface area contributed by atoms with Crippen LogP contribution in [-0.2, 0) is 16.0 Å². The number of fused-ring (bicyclic) bond motifs is 1. The first-order chi connectivity index (χ1) is 9.49. The maximum atomic E-state index is 12.3. The molecule has 2 unspecified atom stereocenters. The van der Waals surface area contributed by atoms with Gasteiger partial charge in [-0.15, -0.1) is 0 Å². The van der Waals surface area contributed by atoms with Crippen LogP contribution in [0.4, 0.5) is 8.78 Å². The van der Waals surface area contributed by atoms with Crippen LogP contribution in [0.15, 0.2) is 24.3 Å². The summed E-state index contributed by atoms with van der Waals surface area (Å²) in [5.74, 6) is -2.39. The largest absolute Gasteiger partial charge is 0.480 e. The summed E-state index contributed by atoms with van der Waals surface area (Å²) in [7, 11) is 0. The Morgan fingerprint density at radius 3 is 2.70 bits per heavy atom. The highest BCUT2D eigenvalue weighted by Crippen LogP contribution is 2.33. The van der Waals surface area contributed by atoms with E-state index >= 15 is 0 Å². The molecule has 0 radical (unpaired) electrons. The highest BCUT2D eigenvalue weighted by atomic mass is 19.3. The summed E-state index contributed by atoms with van der Waals surface area (Å²) in [5.41, 5.74) is 1.90. The first-order valence-electron chi connectivity index (χ1n) is 6.38. The fraction of sp³-hybridized carbons (Fsp3) is 0.429. The van der Waals surface area contributed by atoms with E-state index in [0.717, 1.165) is 17.5 Å². The van der Waals surface area contributed by atoms with Gasteiger partial charge >= 0.3 is 5.97 Å². The van der Waals surface area contributed by atoms with Crippen molar-refractivity contribution in [3.63, 3.8) is 0 Å². The van der Waals surface area contributed by atoms with Crippen molar-refractivity contribution < 1.29 is 23.5 Å². The second kappa shape index (κ2) is 5.98. The van der Waals surface area contributed by atoms with Gasteiger partial charge in [0.1, 0.15) is 6.04 Å². The molecule has 6 heteroatoms. The van der Waals surface area contributed by atoms with Crippen molar-refractivity contribution in [3.8, 4) is 0 Å². The van der Waals surface area contributed by atoms with Gasteiger partial charge < -0.3 is 10.4 Å². The van der Waals surface area contributed by atoms with Gasteiger partial charge in [0.05, 0.1) is 5.92 Å². The zero-order valence-electron chi connectivity index (χ0n) is 10.7. The van der Waals surface area contributed by atoms with Crippen LogP contribution in [0.3, 0.4) is 0 Å². The van der Waals surface area contributed by atoms with E-state index in [-0.39, 0.29) is 0 Å². The molecule has 1 aliphatic carbocycles. The molecule has 1 amide bonds. The number of hydrogen-bond donors (Lipinski definition) is 2. The van der Waals surface area contributed by atoms with Gasteiger partial charge in [0, 0.05) is 6.42 Å². The Morgan fingerprint density at radius 2 is 2.05 bits per heavy atom. The standard InChI is InChI=1S/C14H15F2NO3/c15-12(16)7-11(14(19)20)17-13(18)10-6-5-8-3-1-2-4-9(8)10/h1-4,10-12H,5-7H2,(H,17,18)(H,19,20). The number of alkyl halides is 2. The summed E-state index contributed by atoms with van der Waals surface area (Å²) in [6, 6.07) is 5.86. The van der Waals surface area contributed by atoms with Gasteiger partial charge in [0.25, 0.3) is 0 Å². The van der Waals surface area contributed by atoms with Crippen molar-refractivity contribution >= 4 is 11.9 Å². The number of carboxylic acid groups (broad SMARTS) is 1. The second-order valence-corrected chi connectivity index (χ2v) is 4.82. The molecule has 0 saturated carbocycles. The van der Waals surface area contributed by atoms with Crippen LogP contribution >= 0.6 is 0 Å². The van der Waals surface area contributed by atoms with Gasteiger partial charge in [0.2, 0.25) is 12.3 Å². The van der Waals surface area contributed by atoms with Crippen molar-refractivity contribution in [2.24, 2.45) is 0 Å². The molecule has 2 atom stereocenters. The average Bonchev–Trinajstić information content (AvgIpc) is 2.81. The maximum absolute atomic E-state index is 12.3. The van der Waals surface area contributed by atoms with Crippen molar-refractivity contribution in [2.75, 3.05) is 0 Å². The van der Waals surface area contributed by atoms with Gasteiger partial charge in [-0.25, -0.2) is 13.6 Å². The molecule has 1 aromatic rings. The Bertz CT molecular complexity index is 519. The van der Waals surface area contributed by atoms with Crippen molar-refractivity contribution in [1.29, 1.82) is 0 Å². The summed E-state index contributed by atoms with van der Waals surface area (Å²) in [6.45, 7) is 0. The second-order valence-electron chi connectivity index (χ2n) is 4.82. The van der Waals surface area contributed by atoms with Gasteiger partial charge in [-0.3, -0.25) is 4.79 Å². The normalized spacial score (nSPS) is 18.6. The van der Waals surface area contributed by atoms with E-state index in [9.17, 15) is 18.4 Å². The Labute approximate surface area is 114 Å². The van der Waals surface area contributed by atoms with Gasteiger partial charge in [-0.05, 0) is 24.0 Å². The van der Waals surface area contributed by atoms with Crippen molar-refractivity contribution in [3.05, 3.63) is 35.4 Å². The summed E-state index contributed by atoms with van der Waals surface area (Å²) in [5, 5.41) is 11.1. The molecule has 0 aliphatic heterocycles. The molecule has 4 nitrogen and oxygen atoms in total. The number of aryl methyl sites for hydroxylation is 1. The molecule has 0 heterocycles. The molecule has 1 aromatic carbocycles. The van der Waals surface area contributed by atoms with Crippen LogP contribution in [0.2, 0.25) is 0 Å². The predicted molar refractivity (Wildman–Crippen MR) is 67.7 cm³/mol. The highest BCUT2D eigenvalue weighted by Gasteiger charge is 2.32. The predicted octanol–water partition coefficient (Wildman–Crippen LogP) is 1.94. The number of carboxylic acids is 1. The van der Waals surface area contributed by atoms with Crippen molar-refractivity contribution in [2.45, 2.75) is 37.6 Å². The molecule has 20 heavy (non-hydrogen) atoms. The van der Waals surface area contributed by atoms with Crippen LogP contribution in [0.5, 0.6) is 0 Å². The lowest BCUT2D eigenvalue weighted by Crippen LogP contribution is -2.43. The molecule has 0 saturated heterocycles. The van der Waals surface area contributed by atoms with Crippen LogP contribution in [0.1, 0.15) is 29.9 Å². The molecule has 0 fully saturated rings. The van der Waals surface area contributed by atoms with E-state index < -0.39 is 36.7 Å². The molecule has 0 bridgehead atoms. The number of carbonyl (C=O) groups excluding carboxylic acids is 1. The Hall–Kier alpha value is -1.98. The lowest BCUT2D eigenvalue weighted by atomic mass is 10.00. The molecule has 2 N–H and O–H groups in total. The van der Waals surface area contributed by atoms with Crippen LogP contribution < -0.4 is 5.32 Å². The van der Waals surface area contributed by atoms with Gasteiger partial charge in [0.15, 0.2) is 0 Å². The number of rotatable bonds is 5. The molecule has 2 rings (SSSR count). The Morgan fingerprint density at radius 1 is 1.35 bits per heavy atom. The number of hydrogen-bond acceptors (Lipinski definition) is 2.